The van der Waals surface area contributed by atoms with Gasteiger partial charge in [0.25, 0.3) is 0 Å². The van der Waals surface area contributed by atoms with Gasteiger partial charge in [-0.15, -0.1) is 0 Å². The largest absolute Gasteiger partial charge is 0.368 e. The van der Waals surface area contributed by atoms with E-state index < -0.39 is 0 Å². The minimum atomic E-state index is 0.0951. The fraction of sp³-hybridized carbons (Fsp3) is 0.400. The van der Waals surface area contributed by atoms with E-state index in [2.05, 4.69) is 40.5 Å². The molecule has 0 aliphatic rings. The quantitative estimate of drug-likeness (QED) is 0.238. The maximum absolute atomic E-state index is 5.48. The van der Waals surface area contributed by atoms with Crippen LogP contribution >= 0.6 is 21.6 Å². The third-order valence-electron chi connectivity index (χ3n) is 2.36. The Balaban J connectivity index is 1.55. The van der Waals surface area contributed by atoms with Crippen LogP contribution in [0, 0.1) is 0 Å². The third-order valence-corrected chi connectivity index (χ3v) is 4.77. The van der Waals surface area contributed by atoms with Crippen molar-refractivity contribution < 1.29 is 0 Å². The van der Waals surface area contributed by atoms with Gasteiger partial charge in [0.2, 0.25) is 35.7 Å². The fourth-order valence-corrected chi connectivity index (χ4v) is 3.32. The summed E-state index contributed by atoms with van der Waals surface area (Å²) < 4.78 is 0. The van der Waals surface area contributed by atoms with E-state index in [0.717, 1.165) is 11.5 Å². The van der Waals surface area contributed by atoms with Crippen molar-refractivity contribution in [2.45, 2.75) is 0 Å². The Morgan fingerprint density at radius 2 is 0.917 bits per heavy atom. The molecule has 0 saturated carbocycles. The number of anilines is 6. The lowest BCUT2D eigenvalue weighted by molar-refractivity contribution is 1.04. The molecule has 24 heavy (non-hydrogen) atoms. The van der Waals surface area contributed by atoms with Crippen LogP contribution in [-0.2, 0) is 0 Å². The zero-order valence-electron chi connectivity index (χ0n) is 12.6. The molecule has 14 heteroatoms. The van der Waals surface area contributed by atoms with Gasteiger partial charge in [0, 0.05) is 24.6 Å². The molecular formula is C10H18N12S2. The predicted octanol–water partition coefficient (Wildman–Crippen LogP) is -0.709. The Morgan fingerprint density at radius 3 is 1.25 bits per heavy atom. The van der Waals surface area contributed by atoms with Crippen molar-refractivity contribution in [1.29, 1.82) is 0 Å². The van der Waals surface area contributed by atoms with Gasteiger partial charge in [-0.25, -0.2) is 0 Å². The molecule has 2 rings (SSSR count). The molecule has 2 aromatic heterocycles. The maximum Gasteiger partial charge on any atom is 0.229 e. The first-order valence-electron chi connectivity index (χ1n) is 6.79. The van der Waals surface area contributed by atoms with Crippen LogP contribution in [0.1, 0.15) is 0 Å². The molecule has 0 radical (unpaired) electrons. The number of nitrogens with zero attached hydrogens (tertiary/aromatic N) is 6. The Kier molecular flexibility index (Phi) is 6.68. The molecule has 130 valence electrons. The Labute approximate surface area is 145 Å². The first-order chi connectivity index (χ1) is 11.5. The lowest BCUT2D eigenvalue weighted by Crippen LogP contribution is -2.12. The minimum absolute atomic E-state index is 0.0951. The van der Waals surface area contributed by atoms with E-state index in [4.69, 9.17) is 22.9 Å². The molecule has 0 amide bonds. The highest BCUT2D eigenvalue weighted by molar-refractivity contribution is 8.76. The number of rotatable bonds is 9. The van der Waals surface area contributed by atoms with Gasteiger partial charge in [-0.05, 0) is 0 Å². The van der Waals surface area contributed by atoms with Gasteiger partial charge in [-0.1, -0.05) is 21.6 Å². The summed E-state index contributed by atoms with van der Waals surface area (Å²) in [5, 5.41) is 6.06. The predicted molar refractivity (Wildman–Crippen MR) is 99.2 cm³/mol. The second-order valence-corrected chi connectivity index (χ2v) is 6.95. The molecule has 10 N–H and O–H groups in total. The highest BCUT2D eigenvalue weighted by atomic mass is 33.1. The second kappa shape index (κ2) is 8.97. The van der Waals surface area contributed by atoms with E-state index in [0.29, 0.717) is 25.0 Å². The summed E-state index contributed by atoms with van der Waals surface area (Å²) in [7, 11) is 3.40. The Bertz CT molecular complexity index is 570. The van der Waals surface area contributed by atoms with Crippen LogP contribution in [-0.4, -0.2) is 54.5 Å². The summed E-state index contributed by atoms with van der Waals surface area (Å²) in [6.45, 7) is 1.35. The normalized spacial score (nSPS) is 10.5. The number of nitrogens with two attached hydrogens (primary N) is 4. The van der Waals surface area contributed by atoms with Crippen LogP contribution in [0.5, 0.6) is 0 Å². The van der Waals surface area contributed by atoms with Gasteiger partial charge in [-0.2, -0.15) is 29.9 Å². The number of hydrogen-bond donors (Lipinski definition) is 6. The lowest BCUT2D eigenvalue weighted by atomic mass is 10.7. The van der Waals surface area contributed by atoms with E-state index in [1.54, 1.807) is 21.6 Å². The zero-order valence-corrected chi connectivity index (χ0v) is 14.3. The van der Waals surface area contributed by atoms with Gasteiger partial charge >= 0.3 is 0 Å². The molecule has 0 atom stereocenters. The first kappa shape index (κ1) is 17.9. The summed E-state index contributed by atoms with van der Waals surface area (Å²) in [5.41, 5.74) is 21.9. The molecule has 0 aliphatic heterocycles. The zero-order chi connectivity index (χ0) is 17.4. The van der Waals surface area contributed by atoms with E-state index >= 15 is 0 Å². The SMILES string of the molecule is Nc1nc(N)nc(NCCSSCCNc2nc(N)nc(N)n2)n1. The van der Waals surface area contributed by atoms with Crippen LogP contribution in [0.15, 0.2) is 0 Å². The van der Waals surface area contributed by atoms with Crippen molar-refractivity contribution in [2.75, 3.05) is 58.2 Å². The van der Waals surface area contributed by atoms with Crippen LogP contribution in [0.4, 0.5) is 35.7 Å². The molecule has 0 bridgehead atoms. The van der Waals surface area contributed by atoms with Crippen molar-refractivity contribution >= 4 is 57.3 Å². The van der Waals surface area contributed by atoms with Crippen molar-refractivity contribution in [3.63, 3.8) is 0 Å². The highest BCUT2D eigenvalue weighted by Crippen LogP contribution is 2.20. The van der Waals surface area contributed by atoms with Gasteiger partial charge in [0.15, 0.2) is 0 Å². The highest BCUT2D eigenvalue weighted by Gasteiger charge is 2.02. The standard InChI is InChI=1S/C10H18N12S2/c11-5-17-6(12)20-9(19-5)15-1-3-23-24-4-2-16-10-21-7(13)18-8(14)22-10/h1-4H2,(H5,11,12,15,17,19,20)(H5,13,14,16,18,21,22). The van der Waals surface area contributed by atoms with Crippen LogP contribution in [0.3, 0.4) is 0 Å². The fourth-order valence-electron chi connectivity index (χ4n) is 1.50. The number of nitrogens with one attached hydrogen (secondary N) is 2. The van der Waals surface area contributed by atoms with E-state index in [9.17, 15) is 0 Å². The molecule has 0 fully saturated rings. The third kappa shape index (κ3) is 6.33. The number of nitrogen functional groups attached to an aromatic ring is 4. The molecule has 0 saturated heterocycles. The van der Waals surface area contributed by atoms with Crippen LogP contribution in [0.2, 0.25) is 0 Å². The summed E-state index contributed by atoms with van der Waals surface area (Å²) in [4.78, 5) is 23.1. The summed E-state index contributed by atoms with van der Waals surface area (Å²) >= 11 is 0. The van der Waals surface area contributed by atoms with E-state index in [1.807, 2.05) is 0 Å². The summed E-state index contributed by atoms with van der Waals surface area (Å²) in [6, 6.07) is 0. The van der Waals surface area contributed by atoms with Crippen LogP contribution in [0.25, 0.3) is 0 Å². The summed E-state index contributed by atoms with van der Waals surface area (Å²) in [5.74, 6) is 2.82. The van der Waals surface area contributed by atoms with E-state index in [1.165, 1.54) is 0 Å². The summed E-state index contributed by atoms with van der Waals surface area (Å²) in [6.07, 6.45) is 0. The van der Waals surface area contributed by atoms with Gasteiger partial charge in [0.05, 0.1) is 0 Å². The lowest BCUT2D eigenvalue weighted by Gasteiger charge is -2.06. The monoisotopic (exact) mass is 370 g/mol. The second-order valence-electron chi connectivity index (χ2n) is 4.25. The average molecular weight is 370 g/mol. The first-order valence-corrected chi connectivity index (χ1v) is 9.28. The number of hydrogen-bond acceptors (Lipinski definition) is 14. The Morgan fingerprint density at radius 1 is 0.583 bits per heavy atom. The molecule has 12 nitrogen and oxygen atoms in total. The van der Waals surface area contributed by atoms with Gasteiger partial charge in [-0.3, -0.25) is 0 Å². The molecule has 0 spiro atoms. The van der Waals surface area contributed by atoms with Gasteiger partial charge in [0.1, 0.15) is 0 Å². The number of aromatic nitrogens is 6. The van der Waals surface area contributed by atoms with Crippen molar-refractivity contribution in [3.05, 3.63) is 0 Å². The smallest absolute Gasteiger partial charge is 0.229 e. The molecule has 0 aliphatic carbocycles. The molecule has 2 aromatic rings. The van der Waals surface area contributed by atoms with Crippen molar-refractivity contribution in [3.8, 4) is 0 Å². The minimum Gasteiger partial charge on any atom is -0.368 e. The van der Waals surface area contributed by atoms with E-state index in [-0.39, 0.29) is 23.8 Å². The Hall–Kier alpha value is -2.48. The molecule has 0 aromatic carbocycles. The van der Waals surface area contributed by atoms with Crippen molar-refractivity contribution in [1.82, 2.24) is 29.9 Å². The molecule has 2 heterocycles. The van der Waals surface area contributed by atoms with Crippen LogP contribution < -0.4 is 33.6 Å². The average Bonchev–Trinajstić information content (AvgIpc) is 2.48. The topological polar surface area (TPSA) is 205 Å². The molecular weight excluding hydrogens is 352 g/mol. The maximum atomic E-state index is 5.48. The van der Waals surface area contributed by atoms with Gasteiger partial charge < -0.3 is 33.6 Å². The molecule has 0 unspecified atom stereocenters. The van der Waals surface area contributed by atoms with Crippen molar-refractivity contribution in [2.24, 2.45) is 0 Å².